The van der Waals surface area contributed by atoms with Crippen LogP contribution in [0.3, 0.4) is 0 Å². The average molecular weight is 1050 g/mol. The van der Waals surface area contributed by atoms with Crippen LogP contribution < -0.4 is 0 Å². The molecule has 428 valence electrons. The summed E-state index contributed by atoms with van der Waals surface area (Å²) in [6, 6.07) is 0. The number of rotatable bonds is 57. The molecule has 1 N–H and O–H groups in total. The highest BCUT2D eigenvalue weighted by atomic mass is 31.2. The standard InChI is InChI=1S/C63H118NO8P/c1-6-8-10-12-14-16-18-20-22-24-26-27-28-29-30-31-32-33-34-35-36-38-39-41-43-45-47-49-51-53-55-62(65)69-59-61(60-71-73(67,68)70-58-57-64(3,4)5)72-63(66)56-54-52-50-48-46-44-42-40-37-25-23-21-19-17-15-13-11-9-7-2/h9,11,15,17,21,23,37,40,61H,6-8,10,12-14,16,18-20,22,24-36,38-39,41-60H2,1-5H3/p+1/b11-9-,17-15-,23-21-,40-37-. The van der Waals surface area contributed by atoms with E-state index in [1.807, 2.05) is 21.1 Å². The topological polar surface area (TPSA) is 108 Å². The Kier molecular flexibility index (Phi) is 53.2. The van der Waals surface area contributed by atoms with Crippen molar-refractivity contribution in [2.75, 3.05) is 47.5 Å². The van der Waals surface area contributed by atoms with E-state index >= 15 is 0 Å². The van der Waals surface area contributed by atoms with Crippen LogP contribution in [0.25, 0.3) is 0 Å². The van der Waals surface area contributed by atoms with Crippen LogP contribution in [0.5, 0.6) is 0 Å². The number of unbranched alkanes of at least 4 members (excludes halogenated alkanes) is 35. The summed E-state index contributed by atoms with van der Waals surface area (Å²) < 4.78 is 34.6. The summed E-state index contributed by atoms with van der Waals surface area (Å²) in [6.07, 6.45) is 69.2. The zero-order valence-electron chi connectivity index (χ0n) is 48.6. The van der Waals surface area contributed by atoms with E-state index in [1.54, 1.807) is 0 Å². The maximum Gasteiger partial charge on any atom is 0.472 e. The summed E-state index contributed by atoms with van der Waals surface area (Å²) in [5.41, 5.74) is 0. The van der Waals surface area contributed by atoms with Crippen molar-refractivity contribution in [1.82, 2.24) is 0 Å². The molecule has 0 spiro atoms. The van der Waals surface area contributed by atoms with Gasteiger partial charge in [-0.1, -0.05) is 274 Å². The van der Waals surface area contributed by atoms with Gasteiger partial charge < -0.3 is 18.9 Å². The molecule has 0 saturated heterocycles. The summed E-state index contributed by atoms with van der Waals surface area (Å²) in [7, 11) is 1.47. The van der Waals surface area contributed by atoms with Gasteiger partial charge in [-0.05, 0) is 51.4 Å². The Bertz CT molecular complexity index is 1370. The fourth-order valence-corrected chi connectivity index (χ4v) is 9.63. The molecule has 0 aliphatic rings. The summed E-state index contributed by atoms with van der Waals surface area (Å²) in [5.74, 6) is -0.802. The predicted octanol–water partition coefficient (Wildman–Crippen LogP) is 19.3. The molecule has 0 saturated carbocycles. The Hall–Kier alpha value is -2.03. The molecule has 0 aromatic rings. The molecule has 0 aromatic carbocycles. The molecule has 0 aliphatic carbocycles. The first kappa shape index (κ1) is 71.0. The minimum absolute atomic E-state index is 0.0286. The van der Waals surface area contributed by atoms with Crippen LogP contribution in [0.15, 0.2) is 48.6 Å². The number of quaternary nitrogens is 1. The zero-order chi connectivity index (χ0) is 53.5. The number of ether oxygens (including phenoxy) is 2. The van der Waals surface area contributed by atoms with E-state index in [2.05, 4.69) is 62.5 Å². The van der Waals surface area contributed by atoms with Crippen LogP contribution in [0.1, 0.15) is 290 Å². The van der Waals surface area contributed by atoms with Crippen LogP contribution in [0.2, 0.25) is 0 Å². The highest BCUT2D eigenvalue weighted by molar-refractivity contribution is 7.47. The number of allylic oxidation sites excluding steroid dienone is 8. The fourth-order valence-electron chi connectivity index (χ4n) is 8.89. The predicted molar refractivity (Wildman–Crippen MR) is 312 cm³/mol. The van der Waals surface area contributed by atoms with Gasteiger partial charge >= 0.3 is 19.8 Å². The van der Waals surface area contributed by atoms with Crippen LogP contribution >= 0.6 is 7.82 Å². The van der Waals surface area contributed by atoms with Gasteiger partial charge in [0.1, 0.15) is 19.8 Å². The van der Waals surface area contributed by atoms with Crippen molar-refractivity contribution in [3.8, 4) is 0 Å². The second kappa shape index (κ2) is 54.7. The van der Waals surface area contributed by atoms with E-state index in [0.717, 1.165) is 83.5 Å². The molecular weight excluding hydrogens is 930 g/mol. The number of hydrogen-bond acceptors (Lipinski definition) is 7. The Labute approximate surface area is 452 Å². The third-order valence-corrected chi connectivity index (χ3v) is 14.6. The van der Waals surface area contributed by atoms with Gasteiger partial charge in [0.25, 0.3) is 0 Å². The molecule has 2 atom stereocenters. The Balaban J connectivity index is 4.05. The number of esters is 2. The lowest BCUT2D eigenvalue weighted by Gasteiger charge is -2.24. The number of hydrogen-bond donors (Lipinski definition) is 1. The minimum atomic E-state index is -4.39. The lowest BCUT2D eigenvalue weighted by molar-refractivity contribution is -0.870. The van der Waals surface area contributed by atoms with Crippen molar-refractivity contribution < 1.29 is 42.1 Å². The van der Waals surface area contributed by atoms with Gasteiger partial charge in [-0.3, -0.25) is 18.6 Å². The molecular formula is C63H119NO8P+. The summed E-state index contributed by atoms with van der Waals surface area (Å²) >= 11 is 0. The van der Waals surface area contributed by atoms with E-state index in [4.69, 9.17) is 18.5 Å². The maximum atomic E-state index is 12.8. The van der Waals surface area contributed by atoms with E-state index in [0.29, 0.717) is 17.4 Å². The van der Waals surface area contributed by atoms with Gasteiger partial charge in [-0.25, -0.2) is 4.57 Å². The third kappa shape index (κ3) is 59.1. The van der Waals surface area contributed by atoms with Crippen LogP contribution in [0, 0.1) is 0 Å². The maximum absolute atomic E-state index is 12.8. The number of phosphoric acid groups is 1. The number of likely N-dealkylation sites (N-methyl/N-ethyl adjacent to an activating group) is 1. The smallest absolute Gasteiger partial charge is 0.462 e. The van der Waals surface area contributed by atoms with Crippen molar-refractivity contribution in [3.63, 3.8) is 0 Å². The number of nitrogens with zero attached hydrogens (tertiary/aromatic N) is 1. The molecule has 73 heavy (non-hydrogen) atoms. The van der Waals surface area contributed by atoms with E-state index in [1.165, 1.54) is 173 Å². The fraction of sp³-hybridized carbons (Fsp3) is 0.841. The molecule has 2 unspecified atom stereocenters. The first-order valence-corrected chi connectivity index (χ1v) is 32.4. The minimum Gasteiger partial charge on any atom is -0.462 e. The normalized spacial score (nSPS) is 13.6. The Morgan fingerprint density at radius 3 is 1.16 bits per heavy atom. The van der Waals surface area contributed by atoms with Crippen LogP contribution in [-0.4, -0.2) is 74.9 Å². The molecule has 0 rings (SSSR count). The van der Waals surface area contributed by atoms with Crippen LogP contribution in [-0.2, 0) is 32.7 Å². The van der Waals surface area contributed by atoms with Gasteiger partial charge in [-0.15, -0.1) is 0 Å². The first-order chi connectivity index (χ1) is 35.5. The van der Waals surface area contributed by atoms with E-state index < -0.39 is 26.5 Å². The van der Waals surface area contributed by atoms with Crippen LogP contribution in [0.4, 0.5) is 0 Å². The molecule has 0 heterocycles. The van der Waals surface area contributed by atoms with Crippen molar-refractivity contribution >= 4 is 19.8 Å². The summed E-state index contributed by atoms with van der Waals surface area (Å²) in [6.45, 7) is 4.34. The molecule has 0 aromatic heterocycles. The second-order valence-electron chi connectivity index (χ2n) is 22.1. The summed E-state index contributed by atoms with van der Waals surface area (Å²) in [4.78, 5) is 35.7. The molecule has 10 heteroatoms. The molecule has 0 aliphatic heterocycles. The number of carbonyl (C=O) groups excluding carboxylic acids is 2. The highest BCUT2D eigenvalue weighted by Gasteiger charge is 2.27. The lowest BCUT2D eigenvalue weighted by Crippen LogP contribution is -2.37. The quantitative estimate of drug-likeness (QED) is 0.0211. The highest BCUT2D eigenvalue weighted by Crippen LogP contribution is 2.43. The second-order valence-corrected chi connectivity index (χ2v) is 23.5. The first-order valence-electron chi connectivity index (χ1n) is 30.9. The van der Waals surface area contributed by atoms with Crippen molar-refractivity contribution in [2.45, 2.75) is 296 Å². The molecule has 0 fully saturated rings. The van der Waals surface area contributed by atoms with Gasteiger partial charge in [0, 0.05) is 12.8 Å². The third-order valence-electron chi connectivity index (χ3n) is 13.6. The Morgan fingerprint density at radius 1 is 0.438 bits per heavy atom. The van der Waals surface area contributed by atoms with Gasteiger partial charge in [0.05, 0.1) is 27.7 Å². The molecule has 0 amide bonds. The molecule has 9 nitrogen and oxygen atoms in total. The van der Waals surface area contributed by atoms with Crippen molar-refractivity contribution in [1.29, 1.82) is 0 Å². The average Bonchev–Trinajstić information content (AvgIpc) is 3.35. The van der Waals surface area contributed by atoms with E-state index in [9.17, 15) is 19.0 Å². The van der Waals surface area contributed by atoms with Crippen molar-refractivity contribution in [2.24, 2.45) is 0 Å². The van der Waals surface area contributed by atoms with Gasteiger partial charge in [-0.2, -0.15) is 0 Å². The van der Waals surface area contributed by atoms with Gasteiger partial charge in [0.2, 0.25) is 0 Å². The Morgan fingerprint density at radius 2 is 0.781 bits per heavy atom. The lowest BCUT2D eigenvalue weighted by atomic mass is 10.0. The molecule has 0 bridgehead atoms. The SMILES string of the molecule is CC/C=C\C/C=C\C/C=C\C/C=C\CCCCCCCCC(=O)OC(COC(=O)CCCCCCCCCCCCCCCCCCCCCCCCCCCCCCCC)COP(=O)(O)OCC[N+](C)(C)C. The van der Waals surface area contributed by atoms with Gasteiger partial charge in [0.15, 0.2) is 6.10 Å². The monoisotopic (exact) mass is 1050 g/mol. The number of phosphoric ester groups is 1. The van der Waals surface area contributed by atoms with E-state index in [-0.39, 0.29) is 32.0 Å². The zero-order valence-corrected chi connectivity index (χ0v) is 49.5. The largest absolute Gasteiger partial charge is 0.472 e. The number of carbonyl (C=O) groups is 2. The molecule has 0 radical (unpaired) electrons. The summed E-state index contributed by atoms with van der Waals surface area (Å²) in [5, 5.41) is 0. The van der Waals surface area contributed by atoms with Crippen molar-refractivity contribution in [3.05, 3.63) is 48.6 Å².